The van der Waals surface area contributed by atoms with Crippen LogP contribution in [0.3, 0.4) is 0 Å². The Kier molecular flexibility index (Phi) is 4.47. The van der Waals surface area contributed by atoms with Crippen molar-refractivity contribution in [2.45, 2.75) is 4.90 Å². The summed E-state index contributed by atoms with van der Waals surface area (Å²) in [5.41, 5.74) is 0.734. The average molecular weight is 334 g/mol. The summed E-state index contributed by atoms with van der Waals surface area (Å²) in [6, 6.07) is 12.6. The summed E-state index contributed by atoms with van der Waals surface area (Å²) in [7, 11) is 1.56. The molecule has 4 nitrogen and oxygen atoms in total. The molecule has 3 rings (SSSR count). The fourth-order valence-electron chi connectivity index (χ4n) is 1.98. The molecule has 0 amide bonds. The van der Waals surface area contributed by atoms with Crippen LogP contribution in [0, 0.1) is 11.6 Å². The second kappa shape index (κ2) is 6.70. The molecule has 0 saturated carbocycles. The minimum Gasteiger partial charge on any atom is -0.496 e. The zero-order chi connectivity index (χ0) is 16.2. The molecule has 0 fully saturated rings. The van der Waals surface area contributed by atoms with E-state index in [1.807, 2.05) is 18.2 Å². The monoisotopic (exact) mass is 334 g/mol. The molecule has 0 aliphatic carbocycles. The summed E-state index contributed by atoms with van der Waals surface area (Å²) < 4.78 is 40.4. The van der Waals surface area contributed by atoms with Crippen molar-refractivity contribution < 1.29 is 18.0 Å². The predicted octanol–water partition coefficient (Wildman–Crippen LogP) is 4.75. The summed E-state index contributed by atoms with van der Waals surface area (Å²) in [5, 5.41) is 3.83. The molecule has 1 aromatic heterocycles. The van der Waals surface area contributed by atoms with Crippen molar-refractivity contribution in [1.82, 2.24) is 5.16 Å². The number of hydrogen-bond donors (Lipinski definition) is 1. The Balaban J connectivity index is 1.78. The molecule has 0 atom stereocenters. The highest BCUT2D eigenvalue weighted by molar-refractivity contribution is 8.00. The number of nitrogens with zero attached hydrogens (tertiary/aromatic N) is 1. The van der Waals surface area contributed by atoms with E-state index in [-0.39, 0.29) is 4.90 Å². The fourth-order valence-corrected chi connectivity index (χ4v) is 2.62. The van der Waals surface area contributed by atoms with E-state index in [9.17, 15) is 8.78 Å². The third kappa shape index (κ3) is 3.29. The first kappa shape index (κ1) is 15.4. The van der Waals surface area contributed by atoms with Crippen molar-refractivity contribution in [1.29, 1.82) is 0 Å². The molecule has 118 valence electrons. The molecule has 0 aliphatic heterocycles. The fraction of sp³-hybridized carbons (Fsp3) is 0.0625. The van der Waals surface area contributed by atoms with Gasteiger partial charge in [-0.05, 0) is 36.2 Å². The van der Waals surface area contributed by atoms with Gasteiger partial charge < -0.3 is 14.0 Å². The van der Waals surface area contributed by atoms with Crippen LogP contribution < -0.4 is 9.46 Å². The largest absolute Gasteiger partial charge is 0.496 e. The number of methoxy groups -OCH3 is 1. The lowest BCUT2D eigenvalue weighted by atomic mass is 10.1. The normalized spacial score (nSPS) is 10.6. The lowest BCUT2D eigenvalue weighted by molar-refractivity contribution is 0.407. The van der Waals surface area contributed by atoms with Crippen LogP contribution in [0.25, 0.3) is 11.3 Å². The first-order valence-electron chi connectivity index (χ1n) is 6.66. The summed E-state index contributed by atoms with van der Waals surface area (Å²) in [4.78, 5) is -0.130. The number of nitrogens with one attached hydrogen (secondary N) is 1. The number of ether oxygens (including phenoxy) is 1. The van der Waals surface area contributed by atoms with Crippen molar-refractivity contribution >= 4 is 17.8 Å². The van der Waals surface area contributed by atoms with Gasteiger partial charge in [-0.2, -0.15) is 0 Å². The van der Waals surface area contributed by atoms with Crippen LogP contribution in [-0.4, -0.2) is 12.3 Å². The number of rotatable bonds is 5. The number of halogens is 2. The van der Waals surface area contributed by atoms with Gasteiger partial charge in [0.25, 0.3) is 0 Å². The highest BCUT2D eigenvalue weighted by Gasteiger charge is 2.13. The van der Waals surface area contributed by atoms with Crippen LogP contribution in [0.4, 0.5) is 14.6 Å². The second-order valence-electron chi connectivity index (χ2n) is 4.53. The average Bonchev–Trinajstić information content (AvgIpc) is 3.03. The van der Waals surface area contributed by atoms with E-state index in [4.69, 9.17) is 9.26 Å². The Morgan fingerprint density at radius 2 is 1.83 bits per heavy atom. The number of benzene rings is 2. The highest BCUT2D eigenvalue weighted by atomic mass is 32.2. The number of aromatic nitrogens is 1. The van der Waals surface area contributed by atoms with Crippen LogP contribution in [0.1, 0.15) is 0 Å². The standard InChI is InChI=1S/C16H12F2N2O2S/c1-21-13-8-3-2-5-10(13)14-9-15(19-22-14)20-23-16-11(17)6-4-7-12(16)18/h2-9H,1H3,(H,19,20). The third-order valence-electron chi connectivity index (χ3n) is 3.06. The van der Waals surface area contributed by atoms with Gasteiger partial charge in [-0.25, -0.2) is 8.78 Å². The first-order chi connectivity index (χ1) is 11.2. The summed E-state index contributed by atoms with van der Waals surface area (Å²) >= 11 is 0.791. The summed E-state index contributed by atoms with van der Waals surface area (Å²) in [5.74, 6) is 0.188. The Hall–Kier alpha value is -2.54. The minimum atomic E-state index is -0.643. The molecule has 0 radical (unpaired) electrons. The van der Waals surface area contributed by atoms with Crippen LogP contribution in [0.5, 0.6) is 5.75 Å². The van der Waals surface area contributed by atoms with Gasteiger partial charge in [-0.15, -0.1) is 0 Å². The zero-order valence-corrected chi connectivity index (χ0v) is 12.9. The van der Waals surface area contributed by atoms with Crippen LogP contribution in [0.2, 0.25) is 0 Å². The Labute approximate surface area is 135 Å². The lowest BCUT2D eigenvalue weighted by Gasteiger charge is -2.04. The van der Waals surface area contributed by atoms with Crippen molar-refractivity contribution in [3.63, 3.8) is 0 Å². The van der Waals surface area contributed by atoms with Crippen LogP contribution in [0.15, 0.2) is 57.9 Å². The van der Waals surface area contributed by atoms with Crippen molar-refractivity contribution in [2.75, 3.05) is 11.8 Å². The van der Waals surface area contributed by atoms with Gasteiger partial charge in [-0.1, -0.05) is 23.4 Å². The van der Waals surface area contributed by atoms with E-state index in [1.165, 1.54) is 18.2 Å². The summed E-state index contributed by atoms with van der Waals surface area (Å²) in [6.45, 7) is 0. The quantitative estimate of drug-likeness (QED) is 0.683. The topological polar surface area (TPSA) is 47.3 Å². The first-order valence-corrected chi connectivity index (χ1v) is 7.47. The zero-order valence-electron chi connectivity index (χ0n) is 12.0. The van der Waals surface area contributed by atoms with E-state index in [1.54, 1.807) is 19.2 Å². The minimum absolute atomic E-state index is 0.130. The molecule has 23 heavy (non-hydrogen) atoms. The van der Waals surface area contributed by atoms with E-state index in [0.717, 1.165) is 17.5 Å². The molecular formula is C16H12F2N2O2S. The molecule has 3 aromatic rings. The lowest BCUT2D eigenvalue weighted by Crippen LogP contribution is -1.92. The van der Waals surface area contributed by atoms with E-state index >= 15 is 0 Å². The molecule has 1 heterocycles. The number of anilines is 1. The molecule has 0 bridgehead atoms. The molecule has 1 N–H and O–H groups in total. The molecule has 0 saturated heterocycles. The predicted molar refractivity (Wildman–Crippen MR) is 84.3 cm³/mol. The molecule has 2 aromatic carbocycles. The van der Waals surface area contributed by atoms with E-state index < -0.39 is 11.6 Å². The second-order valence-corrected chi connectivity index (χ2v) is 5.35. The van der Waals surface area contributed by atoms with E-state index in [0.29, 0.717) is 17.3 Å². The van der Waals surface area contributed by atoms with Gasteiger partial charge in [0.1, 0.15) is 17.4 Å². The van der Waals surface area contributed by atoms with Gasteiger partial charge in [0.15, 0.2) is 11.6 Å². The molecule has 0 aliphatic rings. The van der Waals surface area contributed by atoms with Crippen LogP contribution in [-0.2, 0) is 0 Å². The molecule has 0 spiro atoms. The van der Waals surface area contributed by atoms with Crippen molar-refractivity contribution in [3.05, 3.63) is 60.2 Å². The SMILES string of the molecule is COc1ccccc1-c1cc(NSc2c(F)cccc2F)no1. The molecular weight excluding hydrogens is 322 g/mol. The molecule has 7 heteroatoms. The smallest absolute Gasteiger partial charge is 0.180 e. The maximum absolute atomic E-state index is 13.6. The maximum atomic E-state index is 13.6. The van der Waals surface area contributed by atoms with Gasteiger partial charge in [0.05, 0.1) is 17.6 Å². The van der Waals surface area contributed by atoms with E-state index in [2.05, 4.69) is 9.88 Å². The van der Waals surface area contributed by atoms with Gasteiger partial charge in [0.2, 0.25) is 0 Å². The van der Waals surface area contributed by atoms with Gasteiger partial charge in [0, 0.05) is 6.07 Å². The Morgan fingerprint density at radius 3 is 2.57 bits per heavy atom. The summed E-state index contributed by atoms with van der Waals surface area (Å²) in [6.07, 6.45) is 0. The third-order valence-corrected chi connectivity index (χ3v) is 3.96. The van der Waals surface area contributed by atoms with Gasteiger partial charge in [-0.3, -0.25) is 0 Å². The van der Waals surface area contributed by atoms with Crippen molar-refractivity contribution in [2.24, 2.45) is 0 Å². The van der Waals surface area contributed by atoms with Crippen molar-refractivity contribution in [3.8, 4) is 17.1 Å². The van der Waals surface area contributed by atoms with Gasteiger partial charge >= 0.3 is 0 Å². The maximum Gasteiger partial charge on any atom is 0.180 e. The highest BCUT2D eigenvalue weighted by Crippen LogP contribution is 2.32. The Bertz CT molecular complexity index is 803. The van der Waals surface area contributed by atoms with Crippen LogP contribution >= 0.6 is 11.9 Å². The number of para-hydroxylation sites is 1. The Morgan fingerprint density at radius 1 is 1.09 bits per heavy atom. The number of hydrogen-bond acceptors (Lipinski definition) is 5. The molecule has 0 unspecified atom stereocenters.